The van der Waals surface area contributed by atoms with Gasteiger partial charge >= 0.3 is 5.97 Å². The predicted octanol–water partition coefficient (Wildman–Crippen LogP) is 3.24. The molecule has 0 radical (unpaired) electrons. The van der Waals surface area contributed by atoms with Crippen molar-refractivity contribution in [2.24, 2.45) is 0 Å². The highest BCUT2D eigenvalue weighted by Crippen LogP contribution is 2.22. The number of carboxylic acid groups (broad SMARTS) is 1. The van der Waals surface area contributed by atoms with Crippen molar-refractivity contribution in [1.29, 1.82) is 0 Å². The number of ether oxygens (including phenoxy) is 1. The Balaban J connectivity index is 2.01. The molecule has 0 saturated carbocycles. The van der Waals surface area contributed by atoms with Crippen molar-refractivity contribution in [3.63, 3.8) is 0 Å². The van der Waals surface area contributed by atoms with Crippen LogP contribution in [0.4, 0.5) is 5.00 Å². The number of aromatic carboxylic acids is 1. The normalized spacial score (nSPS) is 11.7. The first-order chi connectivity index (χ1) is 10.1. The molecular weight excluding hydrogens is 290 g/mol. The van der Waals surface area contributed by atoms with Gasteiger partial charge in [0, 0.05) is 0 Å². The van der Waals surface area contributed by atoms with Gasteiger partial charge in [-0.05, 0) is 30.7 Å². The minimum Gasteiger partial charge on any atom is -0.481 e. The van der Waals surface area contributed by atoms with Crippen LogP contribution < -0.4 is 10.1 Å². The molecule has 2 N–H and O–H groups in total. The first kappa shape index (κ1) is 15.1. The molecule has 0 aliphatic heterocycles. The van der Waals surface area contributed by atoms with E-state index in [1.165, 1.54) is 6.07 Å². The number of para-hydroxylation sites is 1. The van der Waals surface area contributed by atoms with Gasteiger partial charge in [0.2, 0.25) is 0 Å². The maximum absolute atomic E-state index is 12.2. The SMILES string of the molecule is CCC(Oc1ccccc1)C(=O)Nc1ccc(C(=O)O)s1. The molecule has 1 amide bonds. The van der Waals surface area contributed by atoms with E-state index in [2.05, 4.69) is 5.32 Å². The molecule has 1 atom stereocenters. The second kappa shape index (κ2) is 6.90. The minimum absolute atomic E-state index is 0.183. The van der Waals surface area contributed by atoms with Crippen LogP contribution in [-0.2, 0) is 4.79 Å². The highest BCUT2D eigenvalue weighted by molar-refractivity contribution is 7.18. The number of carbonyl (C=O) groups is 2. The van der Waals surface area contributed by atoms with Crippen molar-refractivity contribution >= 4 is 28.2 Å². The second-order valence-corrected chi connectivity index (χ2v) is 5.37. The van der Waals surface area contributed by atoms with Crippen LogP contribution in [0.3, 0.4) is 0 Å². The van der Waals surface area contributed by atoms with E-state index in [4.69, 9.17) is 9.84 Å². The van der Waals surface area contributed by atoms with Crippen molar-refractivity contribution in [3.8, 4) is 5.75 Å². The summed E-state index contributed by atoms with van der Waals surface area (Å²) >= 11 is 1.02. The Labute approximate surface area is 126 Å². The summed E-state index contributed by atoms with van der Waals surface area (Å²) in [6.45, 7) is 1.85. The highest BCUT2D eigenvalue weighted by atomic mass is 32.1. The van der Waals surface area contributed by atoms with Gasteiger partial charge < -0.3 is 15.2 Å². The molecule has 5 nitrogen and oxygen atoms in total. The smallest absolute Gasteiger partial charge is 0.345 e. The third-order valence-electron chi connectivity index (χ3n) is 2.75. The summed E-state index contributed by atoms with van der Waals surface area (Å²) in [6.07, 6.45) is -0.111. The molecule has 6 heteroatoms. The van der Waals surface area contributed by atoms with E-state index < -0.39 is 12.1 Å². The summed E-state index contributed by atoms with van der Waals surface area (Å²) in [5.74, 6) is -0.676. The van der Waals surface area contributed by atoms with Crippen molar-refractivity contribution in [2.45, 2.75) is 19.4 Å². The molecule has 2 aromatic rings. The Morgan fingerprint density at radius 2 is 1.95 bits per heavy atom. The van der Waals surface area contributed by atoms with Crippen molar-refractivity contribution in [1.82, 2.24) is 0 Å². The first-order valence-corrected chi connectivity index (χ1v) is 7.27. The molecule has 0 bridgehead atoms. The van der Waals surface area contributed by atoms with Crippen LogP contribution in [0.15, 0.2) is 42.5 Å². The predicted molar refractivity (Wildman–Crippen MR) is 81.1 cm³/mol. The molecule has 0 fully saturated rings. The van der Waals surface area contributed by atoms with Crippen LogP contribution in [0.2, 0.25) is 0 Å². The van der Waals surface area contributed by atoms with E-state index in [1.54, 1.807) is 18.2 Å². The lowest BCUT2D eigenvalue weighted by atomic mass is 10.2. The van der Waals surface area contributed by atoms with E-state index in [0.29, 0.717) is 17.2 Å². The van der Waals surface area contributed by atoms with Crippen LogP contribution in [0.25, 0.3) is 0 Å². The van der Waals surface area contributed by atoms with Gasteiger partial charge in [-0.2, -0.15) is 0 Å². The molecule has 1 aromatic carbocycles. The number of amides is 1. The summed E-state index contributed by atoms with van der Waals surface area (Å²) in [5.41, 5.74) is 0. The fourth-order valence-electron chi connectivity index (χ4n) is 1.71. The van der Waals surface area contributed by atoms with Gasteiger partial charge in [0.15, 0.2) is 6.10 Å². The summed E-state index contributed by atoms with van der Waals surface area (Å²) in [5, 5.41) is 12.0. The third kappa shape index (κ3) is 4.06. The summed E-state index contributed by atoms with van der Waals surface area (Å²) in [7, 11) is 0. The second-order valence-electron chi connectivity index (χ2n) is 4.29. The summed E-state index contributed by atoms with van der Waals surface area (Å²) in [4.78, 5) is 23.1. The number of hydrogen-bond donors (Lipinski definition) is 2. The third-order valence-corrected chi connectivity index (χ3v) is 3.74. The standard InChI is InChI=1S/C15H15NO4S/c1-2-11(20-10-6-4-3-5-7-10)14(17)16-13-9-8-12(21-13)15(18)19/h3-9,11H,2H2,1H3,(H,16,17)(H,18,19). The van der Waals surface area contributed by atoms with Gasteiger partial charge in [-0.3, -0.25) is 4.79 Å². The van der Waals surface area contributed by atoms with Gasteiger partial charge in [0.1, 0.15) is 10.6 Å². The number of anilines is 1. The maximum atomic E-state index is 12.2. The van der Waals surface area contributed by atoms with Crippen LogP contribution in [-0.4, -0.2) is 23.1 Å². The Hall–Kier alpha value is -2.34. The van der Waals surface area contributed by atoms with Crippen molar-refractivity contribution in [3.05, 3.63) is 47.3 Å². The fourth-order valence-corrected chi connectivity index (χ4v) is 2.46. The number of benzene rings is 1. The van der Waals surface area contributed by atoms with E-state index in [0.717, 1.165) is 11.3 Å². The van der Waals surface area contributed by atoms with Crippen molar-refractivity contribution < 1.29 is 19.4 Å². The van der Waals surface area contributed by atoms with Crippen LogP contribution >= 0.6 is 11.3 Å². The maximum Gasteiger partial charge on any atom is 0.345 e. The molecule has 0 aliphatic carbocycles. The Morgan fingerprint density at radius 1 is 1.24 bits per heavy atom. The molecule has 1 heterocycles. The van der Waals surface area contributed by atoms with Gasteiger partial charge in [-0.15, -0.1) is 11.3 Å². The Bertz CT molecular complexity index is 624. The molecule has 0 aliphatic rings. The van der Waals surface area contributed by atoms with Crippen LogP contribution in [0, 0.1) is 0 Å². The van der Waals surface area contributed by atoms with Gasteiger partial charge in [-0.25, -0.2) is 4.79 Å². The van der Waals surface area contributed by atoms with E-state index in [1.807, 2.05) is 25.1 Å². The van der Waals surface area contributed by atoms with E-state index >= 15 is 0 Å². The monoisotopic (exact) mass is 305 g/mol. The molecule has 0 spiro atoms. The quantitative estimate of drug-likeness (QED) is 0.859. The molecule has 1 aromatic heterocycles. The van der Waals surface area contributed by atoms with E-state index in [9.17, 15) is 9.59 Å². The van der Waals surface area contributed by atoms with Crippen molar-refractivity contribution in [2.75, 3.05) is 5.32 Å². The zero-order valence-electron chi connectivity index (χ0n) is 11.4. The molecule has 21 heavy (non-hydrogen) atoms. The number of hydrogen-bond acceptors (Lipinski definition) is 4. The average Bonchev–Trinajstić information content (AvgIpc) is 2.94. The highest BCUT2D eigenvalue weighted by Gasteiger charge is 2.19. The minimum atomic E-state index is -1.01. The molecule has 0 saturated heterocycles. The number of rotatable bonds is 6. The number of carbonyl (C=O) groups excluding carboxylic acids is 1. The fraction of sp³-hybridized carbons (Fsp3) is 0.200. The zero-order valence-corrected chi connectivity index (χ0v) is 12.2. The lowest BCUT2D eigenvalue weighted by Gasteiger charge is -2.16. The lowest BCUT2D eigenvalue weighted by molar-refractivity contribution is -0.122. The Morgan fingerprint density at radius 3 is 2.52 bits per heavy atom. The molecular formula is C15H15NO4S. The first-order valence-electron chi connectivity index (χ1n) is 6.46. The van der Waals surface area contributed by atoms with E-state index in [-0.39, 0.29) is 10.8 Å². The topological polar surface area (TPSA) is 75.6 Å². The van der Waals surface area contributed by atoms with Gasteiger partial charge in [0.05, 0.1) is 5.00 Å². The molecule has 1 unspecified atom stereocenters. The number of nitrogens with one attached hydrogen (secondary N) is 1. The Kier molecular flexibility index (Phi) is 4.94. The summed E-state index contributed by atoms with van der Waals surface area (Å²) < 4.78 is 5.63. The van der Waals surface area contributed by atoms with Gasteiger partial charge in [-0.1, -0.05) is 25.1 Å². The number of carboxylic acids is 1. The zero-order chi connectivity index (χ0) is 15.2. The lowest BCUT2D eigenvalue weighted by Crippen LogP contribution is -2.32. The van der Waals surface area contributed by atoms with Gasteiger partial charge in [0.25, 0.3) is 5.91 Å². The largest absolute Gasteiger partial charge is 0.481 e. The van der Waals surface area contributed by atoms with Crippen LogP contribution in [0.5, 0.6) is 5.75 Å². The molecule has 110 valence electrons. The number of thiophene rings is 1. The average molecular weight is 305 g/mol. The van der Waals surface area contributed by atoms with Crippen LogP contribution in [0.1, 0.15) is 23.0 Å². The molecule has 2 rings (SSSR count). The summed E-state index contributed by atoms with van der Waals surface area (Å²) in [6, 6.07) is 12.1.